The highest BCUT2D eigenvalue weighted by molar-refractivity contribution is 6.31. The summed E-state index contributed by atoms with van der Waals surface area (Å²) >= 11 is 5.71. The Bertz CT molecular complexity index is 1440. The smallest absolute Gasteiger partial charge is 0.316 e. The molecule has 0 radical (unpaired) electrons. The maximum Gasteiger partial charge on any atom is 0.316 e. The first-order valence-electron chi connectivity index (χ1n) is 11.8. The molecule has 0 atom stereocenters. The van der Waals surface area contributed by atoms with E-state index in [1.165, 1.54) is 7.05 Å². The normalized spacial score (nSPS) is 10.8. The molecule has 0 unspecified atom stereocenters. The highest BCUT2D eigenvalue weighted by Crippen LogP contribution is 2.38. The maximum absolute atomic E-state index is 11.5. The molecule has 8 nitrogen and oxygen atoms in total. The van der Waals surface area contributed by atoms with E-state index in [4.69, 9.17) is 11.6 Å². The number of hydrogen-bond donors (Lipinski definition) is 2. The van der Waals surface area contributed by atoms with E-state index in [9.17, 15) is 14.5 Å². The fourth-order valence-electron chi connectivity index (χ4n) is 4.12. The topological polar surface area (TPSA) is 119 Å². The SMILES string of the molecule is C=Cc1nn(-c2ccc(C(=O)N=O)cc2)c2c1CCc1ccc(NC=O)cc1-2.CN.Cc1ccccc1Cl. The molecule has 0 fully saturated rings. The summed E-state index contributed by atoms with van der Waals surface area (Å²) in [4.78, 5) is 32.8. The Morgan fingerprint density at radius 3 is 2.39 bits per heavy atom. The first kappa shape index (κ1) is 28.2. The molecule has 3 aromatic carbocycles. The van der Waals surface area contributed by atoms with Crippen LogP contribution in [0.3, 0.4) is 0 Å². The molecule has 194 valence electrons. The molecule has 0 spiro atoms. The van der Waals surface area contributed by atoms with Gasteiger partial charge in [0, 0.05) is 32.6 Å². The third kappa shape index (κ3) is 6.11. The van der Waals surface area contributed by atoms with Crippen LogP contribution in [0.15, 0.2) is 78.5 Å². The molecular formula is C29H28ClN5O3. The van der Waals surface area contributed by atoms with Gasteiger partial charge in [0.25, 0.3) is 0 Å². The Labute approximate surface area is 226 Å². The van der Waals surface area contributed by atoms with Crippen molar-refractivity contribution in [3.05, 3.63) is 111 Å². The van der Waals surface area contributed by atoms with Gasteiger partial charge in [-0.1, -0.05) is 42.4 Å². The summed E-state index contributed by atoms with van der Waals surface area (Å²) in [5.41, 5.74) is 12.3. The van der Waals surface area contributed by atoms with Crippen LogP contribution in [0.5, 0.6) is 0 Å². The number of amides is 2. The van der Waals surface area contributed by atoms with Gasteiger partial charge in [-0.05, 0) is 86.5 Å². The van der Waals surface area contributed by atoms with Gasteiger partial charge in [0.1, 0.15) is 0 Å². The van der Waals surface area contributed by atoms with Gasteiger partial charge in [0.15, 0.2) is 0 Å². The lowest BCUT2D eigenvalue weighted by Gasteiger charge is -2.19. The monoisotopic (exact) mass is 529 g/mol. The largest absolute Gasteiger partial charge is 0.333 e. The standard InChI is InChI=1S/C21H16N4O3.C7H7Cl.CH5N/c1-2-19-17-10-6-13-3-7-15(22-12-26)11-18(13)20(17)25(23-19)16-8-4-14(5-9-16)21(27)24-28;1-6-4-2-3-5-7(6)8;1-2/h2-5,7-9,11-12H,1,6,10H2,(H,22,26);2-5H,1H3;2H2,1H3. The minimum atomic E-state index is -0.809. The number of halogens is 1. The molecule has 3 N–H and O–H groups in total. The minimum Gasteiger partial charge on any atom is -0.333 e. The average molecular weight is 530 g/mol. The van der Waals surface area contributed by atoms with E-state index in [1.54, 1.807) is 35.0 Å². The van der Waals surface area contributed by atoms with Crippen molar-refractivity contribution in [3.8, 4) is 16.9 Å². The molecule has 1 aromatic heterocycles. The Kier molecular flexibility index (Phi) is 9.81. The summed E-state index contributed by atoms with van der Waals surface area (Å²) in [7, 11) is 1.50. The Morgan fingerprint density at radius 1 is 1.11 bits per heavy atom. The number of aryl methyl sites for hydroxylation is 2. The van der Waals surface area contributed by atoms with Crippen molar-refractivity contribution in [2.75, 3.05) is 12.4 Å². The first-order chi connectivity index (χ1) is 18.5. The number of carbonyl (C=O) groups excluding carboxylic acids is 2. The number of aromatic nitrogens is 2. The number of hydrogen-bond acceptors (Lipinski definition) is 5. The van der Waals surface area contributed by atoms with Crippen molar-refractivity contribution >= 4 is 35.7 Å². The maximum atomic E-state index is 11.5. The summed E-state index contributed by atoms with van der Waals surface area (Å²) in [6.07, 6.45) is 4.07. The molecule has 38 heavy (non-hydrogen) atoms. The summed E-state index contributed by atoms with van der Waals surface area (Å²) in [6.45, 7) is 5.86. The molecule has 1 aliphatic rings. The molecule has 9 heteroatoms. The number of nitrogens with one attached hydrogen (secondary N) is 1. The predicted octanol–water partition coefficient (Wildman–Crippen LogP) is 5.98. The van der Waals surface area contributed by atoms with Crippen LogP contribution >= 0.6 is 11.6 Å². The molecule has 1 aliphatic carbocycles. The van der Waals surface area contributed by atoms with Crippen molar-refractivity contribution in [1.29, 1.82) is 0 Å². The van der Waals surface area contributed by atoms with Gasteiger partial charge >= 0.3 is 5.91 Å². The number of nitrogens with two attached hydrogens (primary N) is 1. The van der Waals surface area contributed by atoms with Gasteiger partial charge in [-0.25, -0.2) is 4.68 Å². The second-order valence-corrected chi connectivity index (χ2v) is 8.56. The number of fused-ring (bicyclic) bond motifs is 3. The van der Waals surface area contributed by atoms with E-state index in [0.717, 1.165) is 57.2 Å². The van der Waals surface area contributed by atoms with Crippen molar-refractivity contribution in [2.45, 2.75) is 19.8 Å². The second-order valence-electron chi connectivity index (χ2n) is 8.15. The molecule has 2 amide bonds. The van der Waals surface area contributed by atoms with Gasteiger partial charge < -0.3 is 11.1 Å². The lowest BCUT2D eigenvalue weighted by atomic mass is 9.88. The zero-order valence-electron chi connectivity index (χ0n) is 21.1. The van der Waals surface area contributed by atoms with E-state index in [1.807, 2.05) is 49.4 Å². The fraction of sp³-hybridized carbons (Fsp3) is 0.138. The molecule has 0 saturated carbocycles. The van der Waals surface area contributed by atoms with E-state index in [0.29, 0.717) is 12.1 Å². The van der Waals surface area contributed by atoms with E-state index in [2.05, 4.69) is 27.9 Å². The van der Waals surface area contributed by atoms with E-state index >= 15 is 0 Å². The molecular weight excluding hydrogens is 502 g/mol. The molecule has 0 bridgehead atoms. The lowest BCUT2D eigenvalue weighted by Crippen LogP contribution is -2.08. The van der Waals surface area contributed by atoms with Crippen LogP contribution in [0.25, 0.3) is 23.0 Å². The number of benzene rings is 3. The zero-order valence-corrected chi connectivity index (χ0v) is 21.9. The van der Waals surface area contributed by atoms with Crippen LogP contribution in [0.2, 0.25) is 5.02 Å². The minimum absolute atomic E-state index is 0.224. The van der Waals surface area contributed by atoms with Gasteiger partial charge in [0.05, 0.1) is 17.1 Å². The fourth-order valence-corrected chi connectivity index (χ4v) is 4.26. The number of carbonyl (C=O) groups is 2. The number of nitroso groups, excluding NO2 is 1. The van der Waals surface area contributed by atoms with Crippen molar-refractivity contribution < 1.29 is 9.59 Å². The second kappa shape index (κ2) is 13.2. The van der Waals surface area contributed by atoms with E-state index < -0.39 is 5.91 Å². The van der Waals surface area contributed by atoms with Gasteiger partial charge in [0.2, 0.25) is 6.41 Å². The van der Waals surface area contributed by atoms with Crippen LogP contribution in [0.1, 0.15) is 32.7 Å². The summed E-state index contributed by atoms with van der Waals surface area (Å²) in [5.74, 6) is -0.809. The summed E-state index contributed by atoms with van der Waals surface area (Å²) < 4.78 is 1.80. The molecule has 5 rings (SSSR count). The van der Waals surface area contributed by atoms with Crippen molar-refractivity contribution in [2.24, 2.45) is 10.9 Å². The average Bonchev–Trinajstić information content (AvgIpc) is 3.35. The number of anilines is 1. The van der Waals surface area contributed by atoms with Gasteiger partial charge in [-0.2, -0.15) is 5.10 Å². The van der Waals surface area contributed by atoms with E-state index in [-0.39, 0.29) is 5.56 Å². The molecule has 1 heterocycles. The molecule has 4 aromatic rings. The Balaban J connectivity index is 0.000000339. The first-order valence-corrected chi connectivity index (χ1v) is 12.2. The van der Waals surface area contributed by atoms with Crippen LogP contribution in [-0.4, -0.2) is 29.1 Å². The highest BCUT2D eigenvalue weighted by Gasteiger charge is 2.25. The zero-order chi connectivity index (χ0) is 27.7. The Hall–Kier alpha value is -4.40. The third-order valence-corrected chi connectivity index (χ3v) is 6.39. The van der Waals surface area contributed by atoms with Crippen molar-refractivity contribution in [1.82, 2.24) is 9.78 Å². The Morgan fingerprint density at radius 2 is 1.82 bits per heavy atom. The summed E-state index contributed by atoms with van der Waals surface area (Å²) in [5, 5.41) is 10.7. The van der Waals surface area contributed by atoms with Crippen LogP contribution < -0.4 is 11.1 Å². The van der Waals surface area contributed by atoms with Crippen LogP contribution in [-0.2, 0) is 17.6 Å². The van der Waals surface area contributed by atoms with Gasteiger partial charge in [-0.15, -0.1) is 4.91 Å². The number of rotatable bonds is 5. The molecule has 0 aliphatic heterocycles. The lowest BCUT2D eigenvalue weighted by molar-refractivity contribution is -0.105. The van der Waals surface area contributed by atoms with Crippen LogP contribution in [0, 0.1) is 11.8 Å². The number of nitrogens with zero attached hydrogens (tertiary/aromatic N) is 3. The van der Waals surface area contributed by atoms with Crippen LogP contribution in [0.4, 0.5) is 5.69 Å². The van der Waals surface area contributed by atoms with Crippen molar-refractivity contribution in [3.63, 3.8) is 0 Å². The summed E-state index contributed by atoms with van der Waals surface area (Å²) in [6, 6.07) is 20.1. The quantitative estimate of drug-likeness (QED) is 0.243. The third-order valence-electron chi connectivity index (χ3n) is 5.96. The predicted molar refractivity (Wildman–Crippen MR) is 153 cm³/mol. The molecule has 0 saturated heterocycles. The van der Waals surface area contributed by atoms with Gasteiger partial charge in [-0.3, -0.25) is 9.59 Å². The highest BCUT2D eigenvalue weighted by atomic mass is 35.5.